The molecule has 0 amide bonds. The second-order valence-corrected chi connectivity index (χ2v) is 2.55. The van der Waals surface area contributed by atoms with E-state index in [9.17, 15) is 0 Å². The first-order valence-electron chi connectivity index (χ1n) is 3.06. The minimum absolute atomic E-state index is 0. The van der Waals surface area contributed by atoms with E-state index >= 15 is 0 Å². The smallest absolute Gasteiger partial charge is 0.245 e. The third-order valence-electron chi connectivity index (χ3n) is 1.27. The molecule has 1 aromatic heterocycles. The number of rotatable bonds is 2. The van der Waals surface area contributed by atoms with Crippen LogP contribution in [0.4, 0.5) is 0 Å². The molecular weight excluding hydrogens is 183 g/mol. The first-order valence-corrected chi connectivity index (χ1v) is 3.43. The molecule has 0 unspecified atom stereocenters. The van der Waals surface area contributed by atoms with Crippen LogP contribution in [0.5, 0.6) is 0 Å². The van der Waals surface area contributed by atoms with E-state index < -0.39 is 0 Å². The van der Waals surface area contributed by atoms with E-state index in [0.717, 1.165) is 11.7 Å². The molecule has 1 rings (SSSR count). The molecule has 0 aliphatic carbocycles. The van der Waals surface area contributed by atoms with Gasteiger partial charge in [-0.05, 0) is 11.6 Å². The van der Waals surface area contributed by atoms with Gasteiger partial charge in [-0.1, -0.05) is 12.7 Å². The van der Waals surface area contributed by atoms with Crippen molar-refractivity contribution in [3.05, 3.63) is 30.3 Å². The van der Waals surface area contributed by atoms with Crippen LogP contribution in [0.1, 0.15) is 0 Å². The van der Waals surface area contributed by atoms with Crippen LogP contribution in [0.15, 0.2) is 25.2 Å². The molecule has 0 bridgehead atoms. The second kappa shape index (κ2) is 4.42. The molecule has 0 aliphatic rings. The summed E-state index contributed by atoms with van der Waals surface area (Å²) in [4.78, 5) is 0. The first-order chi connectivity index (χ1) is 4.74. The molecule has 0 spiro atoms. The summed E-state index contributed by atoms with van der Waals surface area (Å²) in [6.45, 7) is 4.43. The van der Waals surface area contributed by atoms with Gasteiger partial charge < -0.3 is 12.4 Å². The van der Waals surface area contributed by atoms with Crippen LogP contribution in [0.2, 0.25) is 5.15 Å². The average molecular weight is 193 g/mol. The van der Waals surface area contributed by atoms with Gasteiger partial charge >= 0.3 is 0 Å². The first kappa shape index (κ1) is 10.5. The zero-order chi connectivity index (χ0) is 7.56. The lowest BCUT2D eigenvalue weighted by molar-refractivity contribution is -0.686. The highest BCUT2D eigenvalue weighted by atomic mass is 35.5. The lowest BCUT2D eigenvalue weighted by Crippen LogP contribution is -3.00. The summed E-state index contributed by atoms with van der Waals surface area (Å²) in [6, 6.07) is 0. The Morgan fingerprint density at radius 2 is 2.45 bits per heavy atom. The Bertz CT molecular complexity index is 223. The molecule has 1 aromatic rings. The maximum atomic E-state index is 5.77. The standard InChI is InChI=1S/C7H10ClN2.ClH/c1-3-4-10-5-7(8)9(2)6-10;/h3,5-6H,1,4H2,2H3;1H/q+1;/p-1. The van der Waals surface area contributed by atoms with Crippen LogP contribution >= 0.6 is 11.6 Å². The van der Waals surface area contributed by atoms with Gasteiger partial charge in [0.15, 0.2) is 0 Å². The summed E-state index contributed by atoms with van der Waals surface area (Å²) in [5, 5.41) is 0.738. The molecule has 0 aliphatic heterocycles. The third kappa shape index (κ3) is 2.56. The molecule has 62 valence electrons. The van der Waals surface area contributed by atoms with E-state index in [2.05, 4.69) is 6.58 Å². The van der Waals surface area contributed by atoms with Crippen LogP contribution in [-0.2, 0) is 13.6 Å². The lowest BCUT2D eigenvalue weighted by Gasteiger charge is -1.82. The van der Waals surface area contributed by atoms with E-state index in [-0.39, 0.29) is 12.4 Å². The molecule has 0 atom stereocenters. The number of hydrogen-bond donors (Lipinski definition) is 0. The fourth-order valence-corrected chi connectivity index (χ4v) is 0.957. The predicted octanol–water partition coefficient (Wildman–Crippen LogP) is -1.84. The van der Waals surface area contributed by atoms with Crippen molar-refractivity contribution in [1.82, 2.24) is 4.57 Å². The molecule has 11 heavy (non-hydrogen) atoms. The number of imidazole rings is 1. The number of allylic oxidation sites excluding steroid dienone is 1. The normalized spacial score (nSPS) is 8.91. The van der Waals surface area contributed by atoms with Crippen molar-refractivity contribution in [2.24, 2.45) is 7.05 Å². The number of nitrogens with zero attached hydrogens (tertiary/aromatic N) is 2. The van der Waals surface area contributed by atoms with Crippen molar-refractivity contribution >= 4 is 11.6 Å². The van der Waals surface area contributed by atoms with Gasteiger partial charge in [-0.25, -0.2) is 9.13 Å². The van der Waals surface area contributed by atoms with E-state index in [1.165, 1.54) is 0 Å². The highest BCUT2D eigenvalue weighted by Crippen LogP contribution is 2.01. The van der Waals surface area contributed by atoms with Gasteiger partial charge in [-0.15, -0.1) is 0 Å². The number of halogens is 2. The van der Waals surface area contributed by atoms with Crippen molar-refractivity contribution in [3.63, 3.8) is 0 Å². The lowest BCUT2D eigenvalue weighted by atomic mass is 10.6. The van der Waals surface area contributed by atoms with Crippen LogP contribution in [0, 0.1) is 0 Å². The molecule has 0 saturated heterocycles. The maximum absolute atomic E-state index is 5.77. The van der Waals surface area contributed by atoms with Gasteiger partial charge in [0, 0.05) is 0 Å². The summed E-state index contributed by atoms with van der Waals surface area (Å²) in [7, 11) is 1.90. The van der Waals surface area contributed by atoms with Gasteiger partial charge in [-0.3, -0.25) is 0 Å². The predicted molar refractivity (Wildman–Crippen MR) is 40.8 cm³/mol. The maximum Gasteiger partial charge on any atom is 0.245 e. The summed E-state index contributed by atoms with van der Waals surface area (Å²) in [5.41, 5.74) is 0. The monoisotopic (exact) mass is 192 g/mol. The fourth-order valence-electron chi connectivity index (χ4n) is 0.788. The number of aromatic nitrogens is 2. The van der Waals surface area contributed by atoms with E-state index in [1.54, 1.807) is 0 Å². The molecule has 0 aromatic carbocycles. The van der Waals surface area contributed by atoms with Gasteiger partial charge in [0.1, 0.15) is 12.7 Å². The van der Waals surface area contributed by atoms with Crippen molar-refractivity contribution < 1.29 is 17.0 Å². The summed E-state index contributed by atoms with van der Waals surface area (Å²) >= 11 is 5.77. The zero-order valence-electron chi connectivity index (χ0n) is 6.30. The Balaban J connectivity index is 0.000001000. The second-order valence-electron chi connectivity index (χ2n) is 2.16. The average Bonchev–Trinajstić information content (AvgIpc) is 2.14. The molecule has 0 saturated carbocycles. The van der Waals surface area contributed by atoms with E-state index in [4.69, 9.17) is 11.6 Å². The Labute approximate surface area is 77.5 Å². The summed E-state index contributed by atoms with van der Waals surface area (Å²) in [6.07, 6.45) is 5.61. The molecule has 0 N–H and O–H groups in total. The van der Waals surface area contributed by atoms with Crippen molar-refractivity contribution in [2.45, 2.75) is 6.54 Å². The molecule has 1 heterocycles. The molecule has 4 heteroatoms. The van der Waals surface area contributed by atoms with E-state index in [0.29, 0.717) is 0 Å². The largest absolute Gasteiger partial charge is 1.00 e. The number of aryl methyl sites for hydroxylation is 1. The molecule has 0 radical (unpaired) electrons. The molecule has 2 nitrogen and oxygen atoms in total. The van der Waals surface area contributed by atoms with Gasteiger partial charge in [0.05, 0.1) is 7.05 Å². The van der Waals surface area contributed by atoms with Gasteiger partial charge in [0.2, 0.25) is 11.5 Å². The van der Waals surface area contributed by atoms with Gasteiger partial charge in [0.25, 0.3) is 0 Å². The fraction of sp³-hybridized carbons (Fsp3) is 0.286. The minimum Gasteiger partial charge on any atom is -1.00 e. The quantitative estimate of drug-likeness (QED) is 0.385. The van der Waals surface area contributed by atoms with Crippen LogP contribution in [0.3, 0.4) is 0 Å². The van der Waals surface area contributed by atoms with Crippen molar-refractivity contribution in [2.75, 3.05) is 0 Å². The van der Waals surface area contributed by atoms with Gasteiger partial charge in [-0.2, -0.15) is 0 Å². The van der Waals surface area contributed by atoms with Crippen LogP contribution in [0.25, 0.3) is 0 Å². The third-order valence-corrected chi connectivity index (χ3v) is 1.63. The SMILES string of the molecule is C=CC[n+]1cc(Cl)n(C)c1.[Cl-]. The number of hydrogen-bond acceptors (Lipinski definition) is 0. The zero-order valence-corrected chi connectivity index (χ0v) is 7.81. The molecule has 0 fully saturated rings. The summed E-state index contributed by atoms with van der Waals surface area (Å²) < 4.78 is 3.82. The van der Waals surface area contributed by atoms with Crippen molar-refractivity contribution in [3.8, 4) is 0 Å². The Morgan fingerprint density at radius 3 is 2.82 bits per heavy atom. The van der Waals surface area contributed by atoms with Crippen LogP contribution < -0.4 is 17.0 Å². The Hall–Kier alpha value is -0.470. The van der Waals surface area contributed by atoms with Crippen LogP contribution in [-0.4, -0.2) is 4.57 Å². The highest BCUT2D eigenvalue weighted by Gasteiger charge is 2.04. The van der Waals surface area contributed by atoms with E-state index in [1.807, 2.05) is 34.8 Å². The van der Waals surface area contributed by atoms with Crippen molar-refractivity contribution in [1.29, 1.82) is 0 Å². The summed E-state index contributed by atoms with van der Waals surface area (Å²) in [5.74, 6) is 0. The highest BCUT2D eigenvalue weighted by molar-refractivity contribution is 6.29. The topological polar surface area (TPSA) is 8.81 Å². The Kier molecular flexibility index (Phi) is 4.23. The Morgan fingerprint density at radius 1 is 1.82 bits per heavy atom. The minimum atomic E-state index is 0. The molecular formula is C7H10Cl2N2.